The van der Waals surface area contributed by atoms with Crippen molar-refractivity contribution in [1.29, 1.82) is 0 Å². The average molecular weight is 302 g/mol. The minimum atomic E-state index is 0.885. The van der Waals surface area contributed by atoms with Crippen molar-refractivity contribution in [2.45, 2.75) is 39.2 Å². The van der Waals surface area contributed by atoms with E-state index in [1.54, 1.807) is 0 Å². The number of nitrogens with zero attached hydrogens (tertiary/aromatic N) is 2. The van der Waals surface area contributed by atoms with Gasteiger partial charge in [-0.05, 0) is 16.3 Å². The lowest BCUT2D eigenvalue weighted by Gasteiger charge is -2.02. The predicted molar refractivity (Wildman–Crippen MR) is 67.3 cm³/mol. The van der Waals surface area contributed by atoms with Gasteiger partial charge in [-0.15, -0.1) is 0 Å². The highest BCUT2D eigenvalue weighted by Gasteiger charge is 1.97. The van der Waals surface area contributed by atoms with Gasteiger partial charge in [0.2, 0.25) is 0 Å². The molecule has 0 N–H and O–H groups in total. The average Bonchev–Trinajstić information content (AvgIpc) is 2.61. The fraction of sp³-hybridized carbons (Fsp3) is 0.545. The molecule has 0 aliphatic rings. The van der Waals surface area contributed by atoms with Gasteiger partial charge in [0.05, 0.1) is 0 Å². The van der Waals surface area contributed by atoms with Crippen molar-refractivity contribution in [2.24, 2.45) is 0 Å². The molecule has 0 atom stereocenters. The molecule has 0 aliphatic carbocycles. The van der Waals surface area contributed by atoms with Crippen LogP contribution in [0.5, 0.6) is 0 Å². The maximum absolute atomic E-state index is 4.19. The number of rotatable bonds is 5. The highest BCUT2D eigenvalue weighted by molar-refractivity contribution is 14.1. The molecule has 0 unspecified atom stereocenters. The molecule has 1 rings (SSSR count). The van der Waals surface area contributed by atoms with E-state index in [0.717, 1.165) is 12.4 Å². The van der Waals surface area contributed by atoms with E-state index in [2.05, 4.69) is 26.3 Å². The molecule has 0 fully saturated rings. The Balaban J connectivity index is 2.40. The van der Waals surface area contributed by atoms with E-state index in [1.807, 2.05) is 35.0 Å². The van der Waals surface area contributed by atoms with Crippen molar-refractivity contribution in [3.05, 3.63) is 18.2 Å². The molecule has 1 aromatic rings. The third kappa shape index (κ3) is 3.70. The van der Waals surface area contributed by atoms with E-state index < -0.39 is 0 Å². The van der Waals surface area contributed by atoms with Gasteiger partial charge in [-0.3, -0.25) is 0 Å². The summed E-state index contributed by atoms with van der Waals surface area (Å²) in [5, 5.41) is 0. The van der Waals surface area contributed by atoms with Gasteiger partial charge in [0, 0.05) is 41.5 Å². The molecule has 2 nitrogen and oxygen atoms in total. The summed E-state index contributed by atoms with van der Waals surface area (Å²) in [5.74, 6) is 3.87. The molecular formula is C11H15IN2. The molecule has 3 heteroatoms. The molecule has 0 aromatic carbocycles. The lowest BCUT2D eigenvalue weighted by Crippen LogP contribution is -1.99. The third-order valence-corrected chi connectivity index (χ3v) is 2.40. The van der Waals surface area contributed by atoms with Crippen LogP contribution in [0.4, 0.5) is 0 Å². The maximum atomic E-state index is 4.19. The molecule has 14 heavy (non-hydrogen) atoms. The Labute approximate surface area is 99.3 Å². The molecule has 0 aliphatic heterocycles. The number of halogens is 1. The Morgan fingerprint density at radius 1 is 1.43 bits per heavy atom. The van der Waals surface area contributed by atoms with Gasteiger partial charge in [0.1, 0.15) is 0 Å². The van der Waals surface area contributed by atoms with Gasteiger partial charge < -0.3 is 4.57 Å². The van der Waals surface area contributed by atoms with E-state index in [1.165, 1.54) is 25.7 Å². The lowest BCUT2D eigenvalue weighted by molar-refractivity contribution is 0.579. The number of hydrogen-bond donors (Lipinski definition) is 0. The van der Waals surface area contributed by atoms with Crippen LogP contribution in [0.15, 0.2) is 12.4 Å². The van der Waals surface area contributed by atoms with Crippen LogP contribution in [0.25, 0.3) is 0 Å². The molecule has 76 valence electrons. The second-order valence-electron chi connectivity index (χ2n) is 3.22. The van der Waals surface area contributed by atoms with Gasteiger partial charge in [-0.25, -0.2) is 4.98 Å². The van der Waals surface area contributed by atoms with Crippen LogP contribution >= 0.6 is 22.6 Å². The Morgan fingerprint density at radius 3 is 3.00 bits per heavy atom. The molecule has 0 radical (unpaired) electrons. The first-order valence-corrected chi connectivity index (χ1v) is 6.09. The first kappa shape index (κ1) is 11.6. The summed E-state index contributed by atoms with van der Waals surface area (Å²) in [6, 6.07) is 0. The fourth-order valence-electron chi connectivity index (χ4n) is 1.36. The zero-order valence-corrected chi connectivity index (χ0v) is 10.6. The second kappa shape index (κ2) is 6.88. The molecule has 0 spiro atoms. The number of aromatic nitrogens is 2. The van der Waals surface area contributed by atoms with Crippen molar-refractivity contribution in [1.82, 2.24) is 9.55 Å². The van der Waals surface area contributed by atoms with Crippen molar-refractivity contribution >= 4 is 22.6 Å². The Morgan fingerprint density at radius 2 is 2.29 bits per heavy atom. The van der Waals surface area contributed by atoms with Crippen molar-refractivity contribution < 1.29 is 0 Å². The van der Waals surface area contributed by atoms with E-state index >= 15 is 0 Å². The van der Waals surface area contributed by atoms with E-state index in [4.69, 9.17) is 0 Å². The largest absolute Gasteiger partial charge is 0.324 e. The van der Waals surface area contributed by atoms with Gasteiger partial charge in [0.15, 0.2) is 5.82 Å². The van der Waals surface area contributed by atoms with Gasteiger partial charge >= 0.3 is 0 Å². The van der Waals surface area contributed by atoms with Crippen LogP contribution in [0.1, 0.15) is 38.4 Å². The first-order valence-electron chi connectivity index (χ1n) is 5.01. The Bertz CT molecular complexity index is 320. The van der Waals surface area contributed by atoms with Crippen LogP contribution in [0.3, 0.4) is 0 Å². The third-order valence-electron chi connectivity index (χ3n) is 2.13. The minimum absolute atomic E-state index is 0.885. The SMILES string of the molecule is CCCCCCn1ccnc1C#CI. The monoisotopic (exact) mass is 302 g/mol. The Kier molecular flexibility index (Phi) is 5.69. The summed E-state index contributed by atoms with van der Waals surface area (Å²) >= 11 is 2.04. The normalized spacial score (nSPS) is 9.57. The van der Waals surface area contributed by atoms with Crippen molar-refractivity contribution in [3.8, 4) is 9.85 Å². The Hall–Kier alpha value is -0.500. The highest BCUT2D eigenvalue weighted by atomic mass is 127. The van der Waals surface area contributed by atoms with Crippen molar-refractivity contribution in [2.75, 3.05) is 0 Å². The predicted octanol–water partition coefficient (Wildman–Crippen LogP) is 3.21. The van der Waals surface area contributed by atoms with E-state index in [-0.39, 0.29) is 0 Å². The number of unbranched alkanes of at least 4 members (excludes halogenated alkanes) is 3. The van der Waals surface area contributed by atoms with Crippen LogP contribution in [-0.2, 0) is 6.54 Å². The highest BCUT2D eigenvalue weighted by Crippen LogP contribution is 2.03. The fourth-order valence-corrected chi connectivity index (χ4v) is 1.61. The zero-order chi connectivity index (χ0) is 10.2. The van der Waals surface area contributed by atoms with Gasteiger partial charge in [-0.2, -0.15) is 0 Å². The topological polar surface area (TPSA) is 17.8 Å². The quantitative estimate of drug-likeness (QED) is 0.464. The summed E-state index contributed by atoms with van der Waals surface area (Å²) in [5.41, 5.74) is 0. The summed E-state index contributed by atoms with van der Waals surface area (Å²) in [6.07, 6.45) is 8.94. The zero-order valence-electron chi connectivity index (χ0n) is 8.46. The van der Waals surface area contributed by atoms with Crippen LogP contribution in [0.2, 0.25) is 0 Å². The first-order chi connectivity index (χ1) is 6.88. The van der Waals surface area contributed by atoms with Crippen LogP contribution in [0, 0.1) is 9.85 Å². The molecule has 0 saturated carbocycles. The number of hydrogen-bond acceptors (Lipinski definition) is 1. The molecule has 1 aromatic heterocycles. The summed E-state index contributed by atoms with van der Waals surface area (Å²) in [7, 11) is 0. The molecule has 1 heterocycles. The summed E-state index contributed by atoms with van der Waals surface area (Å²) in [6.45, 7) is 3.27. The van der Waals surface area contributed by atoms with Crippen molar-refractivity contribution in [3.63, 3.8) is 0 Å². The summed E-state index contributed by atoms with van der Waals surface area (Å²) in [4.78, 5) is 4.19. The molecule has 0 saturated heterocycles. The summed E-state index contributed by atoms with van der Waals surface area (Å²) < 4.78 is 4.98. The second-order valence-corrected chi connectivity index (χ2v) is 3.76. The van der Waals surface area contributed by atoms with E-state index in [0.29, 0.717) is 0 Å². The molecule has 0 amide bonds. The minimum Gasteiger partial charge on any atom is -0.324 e. The standard InChI is InChI=1S/C11H15IN2/c1-2-3-4-5-9-14-10-8-13-11(14)6-7-12/h8,10H,2-5,9H2,1H3. The smallest absolute Gasteiger partial charge is 0.186 e. The lowest BCUT2D eigenvalue weighted by atomic mass is 10.2. The molecule has 0 bridgehead atoms. The van der Waals surface area contributed by atoms with Crippen LogP contribution < -0.4 is 0 Å². The van der Waals surface area contributed by atoms with E-state index in [9.17, 15) is 0 Å². The van der Waals surface area contributed by atoms with Crippen LogP contribution in [-0.4, -0.2) is 9.55 Å². The number of imidazole rings is 1. The molecular weight excluding hydrogens is 287 g/mol. The maximum Gasteiger partial charge on any atom is 0.186 e. The van der Waals surface area contributed by atoms with Gasteiger partial charge in [-0.1, -0.05) is 26.2 Å². The van der Waals surface area contributed by atoms with Gasteiger partial charge in [0.25, 0.3) is 0 Å². The number of aryl methyl sites for hydroxylation is 1.